The van der Waals surface area contributed by atoms with Crippen molar-refractivity contribution in [2.45, 2.75) is 32.1 Å². The van der Waals surface area contributed by atoms with Crippen LogP contribution in [0.15, 0.2) is 54.9 Å². The molecular formula is C25H29N5O2. The van der Waals surface area contributed by atoms with Gasteiger partial charge in [-0.2, -0.15) is 0 Å². The lowest BCUT2D eigenvalue weighted by Gasteiger charge is -2.33. The predicted octanol–water partition coefficient (Wildman–Crippen LogP) is 3.93. The van der Waals surface area contributed by atoms with Crippen LogP contribution >= 0.6 is 0 Å². The van der Waals surface area contributed by atoms with E-state index in [4.69, 9.17) is 9.72 Å². The second-order valence-electron chi connectivity index (χ2n) is 7.93. The van der Waals surface area contributed by atoms with Crippen LogP contribution in [0.4, 0.5) is 5.82 Å². The summed E-state index contributed by atoms with van der Waals surface area (Å²) < 4.78 is 5.49. The maximum atomic E-state index is 13.0. The maximum absolute atomic E-state index is 13.0. The smallest absolute Gasteiger partial charge is 0.227 e. The normalized spacial score (nSPS) is 15.9. The molecular weight excluding hydrogens is 402 g/mol. The molecule has 1 N–H and O–H groups in total. The lowest BCUT2D eigenvalue weighted by molar-refractivity contribution is -0.131. The van der Waals surface area contributed by atoms with Crippen molar-refractivity contribution in [2.75, 3.05) is 32.1 Å². The molecule has 0 bridgehead atoms. The number of amides is 1. The molecule has 3 aromatic rings. The van der Waals surface area contributed by atoms with E-state index in [-0.39, 0.29) is 11.8 Å². The predicted molar refractivity (Wildman–Crippen MR) is 125 cm³/mol. The minimum Gasteiger partial charge on any atom is -0.494 e. The molecule has 1 aliphatic rings. The first-order valence-corrected chi connectivity index (χ1v) is 11.1. The van der Waals surface area contributed by atoms with Crippen molar-refractivity contribution in [3.05, 3.63) is 66.1 Å². The van der Waals surface area contributed by atoms with E-state index in [1.165, 1.54) is 0 Å². The summed E-state index contributed by atoms with van der Waals surface area (Å²) in [5, 5.41) is 3.13. The number of nitrogens with zero attached hydrogens (tertiary/aromatic N) is 4. The Hall–Kier alpha value is -3.48. The molecule has 3 heterocycles. The first kappa shape index (κ1) is 21.7. The summed E-state index contributed by atoms with van der Waals surface area (Å²) in [6.45, 7) is 4.05. The Balaban J connectivity index is 1.48. The molecule has 0 saturated carbocycles. The quantitative estimate of drug-likeness (QED) is 0.611. The number of pyridine rings is 1. The van der Waals surface area contributed by atoms with Gasteiger partial charge in [0.1, 0.15) is 11.6 Å². The van der Waals surface area contributed by atoms with Gasteiger partial charge in [0.15, 0.2) is 5.82 Å². The van der Waals surface area contributed by atoms with Crippen LogP contribution in [0.1, 0.15) is 36.9 Å². The fourth-order valence-electron chi connectivity index (χ4n) is 4.03. The topological polar surface area (TPSA) is 80.2 Å². The van der Waals surface area contributed by atoms with Crippen LogP contribution in [-0.2, 0) is 11.2 Å². The van der Waals surface area contributed by atoms with Crippen LogP contribution in [0.2, 0.25) is 0 Å². The van der Waals surface area contributed by atoms with Crippen LogP contribution in [0.5, 0.6) is 5.75 Å². The molecule has 4 rings (SSSR count). The van der Waals surface area contributed by atoms with Crippen LogP contribution in [-0.4, -0.2) is 52.5 Å². The highest BCUT2D eigenvalue weighted by atomic mass is 16.5. The van der Waals surface area contributed by atoms with E-state index in [0.717, 1.165) is 47.8 Å². The van der Waals surface area contributed by atoms with E-state index >= 15 is 0 Å². The van der Waals surface area contributed by atoms with Gasteiger partial charge in [-0.25, -0.2) is 9.97 Å². The van der Waals surface area contributed by atoms with E-state index in [9.17, 15) is 4.79 Å². The van der Waals surface area contributed by atoms with Crippen molar-refractivity contribution in [1.29, 1.82) is 0 Å². The molecule has 32 heavy (non-hydrogen) atoms. The number of benzene rings is 1. The van der Waals surface area contributed by atoms with Crippen LogP contribution in [0.25, 0.3) is 11.4 Å². The van der Waals surface area contributed by atoms with Crippen molar-refractivity contribution in [3.63, 3.8) is 0 Å². The number of rotatable bonds is 7. The van der Waals surface area contributed by atoms with Gasteiger partial charge in [-0.05, 0) is 49.6 Å². The molecule has 1 aromatic carbocycles. The van der Waals surface area contributed by atoms with Gasteiger partial charge < -0.3 is 15.0 Å². The molecule has 2 aromatic heterocycles. The third kappa shape index (κ3) is 5.22. The molecule has 7 heteroatoms. The first-order valence-electron chi connectivity index (χ1n) is 11.1. The molecule has 1 fully saturated rings. The Morgan fingerprint density at radius 1 is 1.22 bits per heavy atom. The fraction of sp³-hybridized carbons (Fsp3) is 0.360. The largest absolute Gasteiger partial charge is 0.494 e. The van der Waals surface area contributed by atoms with E-state index in [0.29, 0.717) is 25.4 Å². The third-order valence-electron chi connectivity index (χ3n) is 5.70. The van der Waals surface area contributed by atoms with Gasteiger partial charge in [0.25, 0.3) is 0 Å². The van der Waals surface area contributed by atoms with Crippen molar-refractivity contribution in [1.82, 2.24) is 19.9 Å². The molecule has 1 unspecified atom stereocenters. The van der Waals surface area contributed by atoms with Crippen LogP contribution < -0.4 is 10.1 Å². The van der Waals surface area contributed by atoms with E-state index in [1.807, 2.05) is 61.3 Å². The highest BCUT2D eigenvalue weighted by molar-refractivity contribution is 5.79. The standard InChI is InChI=1S/C25H29N5O2/c1-3-32-21-10-8-18(9-11-21)14-24(31)30-13-5-7-20(17-30)22-15-23(26-2)29-25(28-22)19-6-4-12-27-16-19/h4,6,8-12,15-16,20H,3,5,7,13-14,17H2,1-2H3,(H,26,28,29). The number of carbonyl (C=O) groups is 1. The van der Waals surface area contributed by atoms with Crippen molar-refractivity contribution in [2.24, 2.45) is 0 Å². The molecule has 7 nitrogen and oxygen atoms in total. The van der Waals surface area contributed by atoms with Gasteiger partial charge in [-0.1, -0.05) is 12.1 Å². The summed E-state index contributed by atoms with van der Waals surface area (Å²) >= 11 is 0. The SMILES string of the molecule is CCOc1ccc(CC(=O)N2CCCC(c3cc(NC)nc(-c4cccnc4)n3)C2)cc1. The molecule has 0 spiro atoms. The first-order chi connectivity index (χ1) is 15.7. The van der Waals surface area contributed by atoms with Gasteiger partial charge in [0, 0.05) is 50.1 Å². The number of likely N-dealkylation sites (tertiary alicyclic amines) is 1. The van der Waals surface area contributed by atoms with E-state index in [2.05, 4.69) is 15.3 Å². The van der Waals surface area contributed by atoms with Gasteiger partial charge >= 0.3 is 0 Å². The lowest BCUT2D eigenvalue weighted by Crippen LogP contribution is -2.40. The molecule has 1 amide bonds. The van der Waals surface area contributed by atoms with Crippen LogP contribution in [0.3, 0.4) is 0 Å². The lowest BCUT2D eigenvalue weighted by atomic mass is 9.93. The number of piperidine rings is 1. The average molecular weight is 432 g/mol. The monoisotopic (exact) mass is 431 g/mol. The number of carbonyl (C=O) groups excluding carboxylic acids is 1. The average Bonchev–Trinajstić information content (AvgIpc) is 2.85. The Labute approximate surface area is 188 Å². The number of aromatic nitrogens is 3. The summed E-state index contributed by atoms with van der Waals surface area (Å²) in [5.74, 6) is 2.58. The molecule has 0 aliphatic carbocycles. The molecule has 1 aliphatic heterocycles. The Morgan fingerprint density at radius 2 is 2.06 bits per heavy atom. The third-order valence-corrected chi connectivity index (χ3v) is 5.70. The molecule has 1 atom stereocenters. The van der Waals surface area contributed by atoms with Crippen molar-refractivity contribution < 1.29 is 9.53 Å². The maximum Gasteiger partial charge on any atom is 0.227 e. The number of hydrogen-bond donors (Lipinski definition) is 1. The molecule has 166 valence electrons. The zero-order chi connectivity index (χ0) is 22.3. The highest BCUT2D eigenvalue weighted by Gasteiger charge is 2.26. The number of nitrogens with one attached hydrogen (secondary N) is 1. The Bertz CT molecular complexity index is 1040. The summed E-state index contributed by atoms with van der Waals surface area (Å²) in [4.78, 5) is 28.6. The van der Waals surface area contributed by atoms with Crippen molar-refractivity contribution >= 4 is 11.7 Å². The second kappa shape index (κ2) is 10.2. The summed E-state index contributed by atoms with van der Waals surface area (Å²) in [6.07, 6.45) is 5.86. The summed E-state index contributed by atoms with van der Waals surface area (Å²) in [5.41, 5.74) is 2.84. The van der Waals surface area contributed by atoms with E-state index < -0.39 is 0 Å². The second-order valence-corrected chi connectivity index (χ2v) is 7.93. The minimum atomic E-state index is 0.147. The van der Waals surface area contributed by atoms with Crippen molar-refractivity contribution in [3.8, 4) is 17.1 Å². The number of ether oxygens (including phenoxy) is 1. The number of anilines is 1. The zero-order valence-corrected chi connectivity index (χ0v) is 18.6. The van der Waals surface area contributed by atoms with Gasteiger partial charge in [0.05, 0.1) is 18.7 Å². The van der Waals surface area contributed by atoms with Gasteiger partial charge in [0.2, 0.25) is 5.91 Å². The summed E-state index contributed by atoms with van der Waals surface area (Å²) in [6, 6.07) is 13.6. The molecule has 0 radical (unpaired) electrons. The molecule has 1 saturated heterocycles. The van der Waals surface area contributed by atoms with E-state index in [1.54, 1.807) is 12.4 Å². The van der Waals surface area contributed by atoms with Gasteiger partial charge in [-0.15, -0.1) is 0 Å². The van der Waals surface area contributed by atoms with Gasteiger partial charge in [-0.3, -0.25) is 9.78 Å². The summed E-state index contributed by atoms with van der Waals surface area (Å²) in [7, 11) is 1.85. The Morgan fingerprint density at radius 3 is 2.78 bits per heavy atom. The zero-order valence-electron chi connectivity index (χ0n) is 18.6. The minimum absolute atomic E-state index is 0.147. The highest BCUT2D eigenvalue weighted by Crippen LogP contribution is 2.29. The van der Waals surface area contributed by atoms with Crippen LogP contribution in [0, 0.1) is 0 Å². The number of hydrogen-bond acceptors (Lipinski definition) is 6. The Kier molecular flexibility index (Phi) is 6.94. The fourth-order valence-corrected chi connectivity index (χ4v) is 4.03.